The van der Waals surface area contributed by atoms with E-state index >= 15 is 0 Å². The van der Waals surface area contributed by atoms with Gasteiger partial charge in [-0.25, -0.2) is 10.6 Å². The molecule has 0 radical (unpaired) electrons. The summed E-state index contributed by atoms with van der Waals surface area (Å²) in [5.74, 6) is 5.87. The fourth-order valence-corrected chi connectivity index (χ4v) is 2.90. The summed E-state index contributed by atoms with van der Waals surface area (Å²) in [5, 5.41) is 16.9. The van der Waals surface area contributed by atoms with Gasteiger partial charge in [0.25, 0.3) is 0 Å². The van der Waals surface area contributed by atoms with E-state index in [1.807, 2.05) is 38.1 Å². The molecular weight excluding hydrogens is 384 g/mol. The number of hydrogen-bond donors (Lipinski definition) is 4. The first-order chi connectivity index (χ1) is 11.8. The number of nitrogens with two attached hydrogens (primary N) is 1. The number of anilines is 2. The molecule has 2 aromatic rings. The summed E-state index contributed by atoms with van der Waals surface area (Å²) >= 11 is 3.40. The Morgan fingerprint density at radius 2 is 1.72 bits per heavy atom. The molecule has 6 nitrogen and oxygen atoms in total. The molecule has 0 atom stereocenters. The largest absolute Gasteiger partial charge is 0.508 e. The maximum atomic E-state index is 12.2. The van der Waals surface area contributed by atoms with Gasteiger partial charge in [-0.3, -0.25) is 0 Å². The molecule has 0 aliphatic carbocycles. The molecule has 0 aromatic heterocycles. The molecule has 0 unspecified atom stereocenters. The molecule has 0 fully saturated rings. The Bertz CT molecular complexity index is 797. The van der Waals surface area contributed by atoms with Gasteiger partial charge in [0.05, 0.1) is 5.70 Å². The van der Waals surface area contributed by atoms with E-state index < -0.39 is 6.03 Å². The Morgan fingerprint density at radius 1 is 1.12 bits per heavy atom. The number of phenolic OH excluding ortho intramolecular Hbond substituents is 1. The molecule has 0 bridgehead atoms. The van der Waals surface area contributed by atoms with Gasteiger partial charge in [0.2, 0.25) is 0 Å². The summed E-state index contributed by atoms with van der Waals surface area (Å²) in [5.41, 5.74) is 3.61. The SMILES string of the molecule is C/C(Br)=C(/c1cc(O)cc(NC(=O)Nc2ccc(C)cc2)c1)N(C)N. The molecule has 0 aliphatic rings. The summed E-state index contributed by atoms with van der Waals surface area (Å²) < 4.78 is 0.804. The smallest absolute Gasteiger partial charge is 0.323 e. The zero-order chi connectivity index (χ0) is 18.6. The molecule has 25 heavy (non-hydrogen) atoms. The molecule has 0 saturated carbocycles. The van der Waals surface area contributed by atoms with Crippen LogP contribution in [0.1, 0.15) is 18.1 Å². The van der Waals surface area contributed by atoms with Crippen molar-refractivity contribution in [1.29, 1.82) is 0 Å². The summed E-state index contributed by atoms with van der Waals surface area (Å²) in [7, 11) is 1.70. The van der Waals surface area contributed by atoms with Crippen LogP contribution in [0, 0.1) is 6.92 Å². The number of amides is 2. The molecule has 0 aliphatic heterocycles. The number of aryl methyl sites for hydroxylation is 1. The van der Waals surface area contributed by atoms with Gasteiger partial charge in [-0.2, -0.15) is 0 Å². The Labute approximate surface area is 155 Å². The fourth-order valence-electron chi connectivity index (χ4n) is 2.40. The summed E-state index contributed by atoms with van der Waals surface area (Å²) in [4.78, 5) is 12.2. The van der Waals surface area contributed by atoms with Crippen LogP contribution in [0.5, 0.6) is 5.75 Å². The van der Waals surface area contributed by atoms with Gasteiger partial charge in [0, 0.05) is 34.5 Å². The highest BCUT2D eigenvalue weighted by molar-refractivity contribution is 9.11. The number of benzene rings is 2. The molecule has 0 spiro atoms. The first-order valence-electron chi connectivity index (χ1n) is 7.60. The number of urea groups is 1. The second kappa shape index (κ2) is 8.04. The maximum Gasteiger partial charge on any atom is 0.323 e. The van der Waals surface area contributed by atoms with E-state index in [0.717, 1.165) is 10.0 Å². The minimum atomic E-state index is -0.400. The molecule has 132 valence electrons. The fraction of sp³-hybridized carbons (Fsp3) is 0.167. The predicted molar refractivity (Wildman–Crippen MR) is 105 cm³/mol. The molecule has 2 rings (SSSR count). The molecule has 2 amide bonds. The zero-order valence-electron chi connectivity index (χ0n) is 14.3. The van der Waals surface area contributed by atoms with E-state index in [1.165, 1.54) is 11.1 Å². The van der Waals surface area contributed by atoms with Crippen molar-refractivity contribution in [3.8, 4) is 5.75 Å². The highest BCUT2D eigenvalue weighted by Crippen LogP contribution is 2.29. The van der Waals surface area contributed by atoms with Gasteiger partial charge in [-0.15, -0.1) is 0 Å². The van der Waals surface area contributed by atoms with E-state index in [0.29, 0.717) is 22.6 Å². The summed E-state index contributed by atoms with van der Waals surface area (Å²) in [6.07, 6.45) is 0. The number of nitrogens with zero attached hydrogens (tertiary/aromatic N) is 1. The minimum Gasteiger partial charge on any atom is -0.508 e. The second-order valence-corrected chi connectivity index (χ2v) is 6.90. The van der Waals surface area contributed by atoms with Crippen molar-refractivity contribution < 1.29 is 9.90 Å². The number of phenols is 1. The Kier molecular flexibility index (Phi) is 6.06. The second-order valence-electron chi connectivity index (χ2n) is 5.71. The monoisotopic (exact) mass is 404 g/mol. The zero-order valence-corrected chi connectivity index (χ0v) is 15.9. The lowest BCUT2D eigenvalue weighted by atomic mass is 10.1. The first kappa shape index (κ1) is 18.8. The number of aromatic hydroxyl groups is 1. The highest BCUT2D eigenvalue weighted by Gasteiger charge is 2.12. The minimum absolute atomic E-state index is 0.0243. The Balaban J connectivity index is 2.21. The van der Waals surface area contributed by atoms with E-state index in [4.69, 9.17) is 5.84 Å². The van der Waals surface area contributed by atoms with E-state index in [-0.39, 0.29) is 5.75 Å². The van der Waals surface area contributed by atoms with Crippen molar-refractivity contribution in [1.82, 2.24) is 5.01 Å². The molecular formula is C18H21BrN4O2. The van der Waals surface area contributed by atoms with E-state index in [2.05, 4.69) is 26.6 Å². The number of allylic oxidation sites excluding steroid dienone is 1. The molecule has 0 saturated heterocycles. The van der Waals surface area contributed by atoms with Crippen LogP contribution in [-0.4, -0.2) is 23.2 Å². The topological polar surface area (TPSA) is 90.6 Å². The third-order valence-corrected chi connectivity index (χ3v) is 3.81. The normalized spacial score (nSPS) is 11.6. The summed E-state index contributed by atoms with van der Waals surface area (Å²) in [6, 6.07) is 11.8. The molecule has 7 heteroatoms. The van der Waals surface area contributed by atoms with Gasteiger partial charge < -0.3 is 20.7 Å². The van der Waals surface area contributed by atoms with Crippen LogP contribution in [-0.2, 0) is 0 Å². The lowest BCUT2D eigenvalue weighted by molar-refractivity contribution is 0.262. The van der Waals surface area contributed by atoms with Gasteiger partial charge in [0.1, 0.15) is 5.75 Å². The molecule has 0 heterocycles. The van der Waals surface area contributed by atoms with Crippen molar-refractivity contribution in [2.75, 3.05) is 17.7 Å². The third kappa shape index (κ3) is 5.23. The maximum absolute atomic E-state index is 12.2. The van der Waals surface area contributed by atoms with Crippen molar-refractivity contribution in [2.45, 2.75) is 13.8 Å². The third-order valence-electron chi connectivity index (χ3n) is 3.44. The van der Waals surface area contributed by atoms with Crippen LogP contribution in [0.25, 0.3) is 5.70 Å². The number of hydrogen-bond acceptors (Lipinski definition) is 4. The van der Waals surface area contributed by atoms with Crippen molar-refractivity contribution >= 4 is 39.0 Å². The standard InChI is InChI=1S/C18H21BrN4O2/c1-11-4-6-14(7-5-11)21-18(25)22-15-8-13(9-16(24)10-15)17(12(2)19)23(3)20/h4-10,24H,20H2,1-3H3,(H2,21,22,25)/b17-12+. The van der Waals surface area contributed by atoms with Gasteiger partial charge >= 0.3 is 6.03 Å². The molecule has 5 N–H and O–H groups in total. The summed E-state index contributed by atoms with van der Waals surface area (Å²) in [6.45, 7) is 3.82. The van der Waals surface area contributed by atoms with Crippen LogP contribution < -0.4 is 16.5 Å². The van der Waals surface area contributed by atoms with Crippen molar-refractivity contribution in [2.24, 2.45) is 5.84 Å². The van der Waals surface area contributed by atoms with Crippen LogP contribution >= 0.6 is 15.9 Å². The van der Waals surface area contributed by atoms with Gasteiger partial charge in [0.15, 0.2) is 0 Å². The first-order valence-corrected chi connectivity index (χ1v) is 8.39. The predicted octanol–water partition coefficient (Wildman–Crippen LogP) is 4.23. The van der Waals surface area contributed by atoms with Crippen molar-refractivity contribution in [3.63, 3.8) is 0 Å². The lowest BCUT2D eigenvalue weighted by Crippen LogP contribution is -2.25. The van der Waals surface area contributed by atoms with Gasteiger partial charge in [-0.05, 0) is 38.1 Å². The van der Waals surface area contributed by atoms with Crippen LogP contribution in [0.3, 0.4) is 0 Å². The number of rotatable bonds is 4. The quantitative estimate of drug-likeness (QED) is 0.453. The number of carbonyl (C=O) groups is 1. The van der Waals surface area contributed by atoms with E-state index in [9.17, 15) is 9.90 Å². The van der Waals surface area contributed by atoms with Crippen LogP contribution in [0.15, 0.2) is 46.9 Å². The average molecular weight is 405 g/mol. The van der Waals surface area contributed by atoms with Crippen LogP contribution in [0.4, 0.5) is 16.2 Å². The average Bonchev–Trinajstić information content (AvgIpc) is 2.48. The molecule has 2 aromatic carbocycles. The van der Waals surface area contributed by atoms with Gasteiger partial charge in [-0.1, -0.05) is 33.6 Å². The number of halogens is 1. The number of nitrogens with one attached hydrogen (secondary N) is 2. The highest BCUT2D eigenvalue weighted by atomic mass is 79.9. The van der Waals surface area contributed by atoms with Crippen LogP contribution in [0.2, 0.25) is 0 Å². The van der Waals surface area contributed by atoms with E-state index in [1.54, 1.807) is 19.2 Å². The number of carbonyl (C=O) groups excluding carboxylic acids is 1. The number of hydrazine groups is 1. The Hall–Kier alpha value is -2.51. The van der Waals surface area contributed by atoms with Crippen molar-refractivity contribution in [3.05, 3.63) is 58.1 Å². The Morgan fingerprint density at radius 3 is 2.28 bits per heavy atom. The lowest BCUT2D eigenvalue weighted by Gasteiger charge is -2.19.